The summed E-state index contributed by atoms with van der Waals surface area (Å²) in [5.74, 6) is 1.34. The van der Waals surface area contributed by atoms with E-state index in [1.807, 2.05) is 0 Å². The lowest BCUT2D eigenvalue weighted by molar-refractivity contribution is 0.0861. The second-order valence-corrected chi connectivity index (χ2v) is 5.74. The number of hydrogen-bond acceptors (Lipinski definition) is 3. The Morgan fingerprint density at radius 1 is 1.25 bits per heavy atom. The highest BCUT2D eigenvalue weighted by Gasteiger charge is 2.34. The molecule has 0 aromatic rings. The minimum atomic E-state index is 0.591. The maximum absolute atomic E-state index is 4.66. The third-order valence-corrected chi connectivity index (χ3v) is 4.18. The quantitative estimate of drug-likeness (QED) is 0.713. The molecule has 1 saturated heterocycles. The van der Waals surface area contributed by atoms with Crippen molar-refractivity contribution in [2.75, 3.05) is 20.1 Å². The second-order valence-electron chi connectivity index (χ2n) is 5.74. The summed E-state index contributed by atoms with van der Waals surface area (Å²) < 4.78 is 0. The molecule has 0 bridgehead atoms. The first kappa shape index (κ1) is 11.9. The SMILES string of the molecule is CC(C)C1C=NN(C2CCN(C)CC2)C1C. The summed E-state index contributed by atoms with van der Waals surface area (Å²) in [7, 11) is 2.21. The Morgan fingerprint density at radius 3 is 2.38 bits per heavy atom. The third-order valence-electron chi connectivity index (χ3n) is 4.18. The van der Waals surface area contributed by atoms with E-state index in [2.05, 4.69) is 49.0 Å². The molecule has 0 aliphatic carbocycles. The number of hydrazone groups is 1. The topological polar surface area (TPSA) is 18.8 Å². The van der Waals surface area contributed by atoms with E-state index in [4.69, 9.17) is 0 Å². The summed E-state index contributed by atoms with van der Waals surface area (Å²) in [6.07, 6.45) is 4.71. The van der Waals surface area contributed by atoms with Gasteiger partial charge in [-0.25, -0.2) is 0 Å². The standard InChI is InChI=1S/C13H25N3/c1-10(2)13-9-14-16(11(13)3)12-5-7-15(4)8-6-12/h9-13H,5-8H2,1-4H3. The van der Waals surface area contributed by atoms with Gasteiger partial charge in [-0.1, -0.05) is 13.8 Å². The predicted octanol–water partition coefficient (Wildman–Crippen LogP) is 2.04. The van der Waals surface area contributed by atoms with Crippen molar-refractivity contribution in [1.29, 1.82) is 0 Å². The Balaban J connectivity index is 1.94. The number of piperidine rings is 1. The van der Waals surface area contributed by atoms with Crippen LogP contribution in [0.4, 0.5) is 0 Å². The van der Waals surface area contributed by atoms with Crippen LogP contribution in [0.2, 0.25) is 0 Å². The van der Waals surface area contributed by atoms with E-state index in [0.29, 0.717) is 23.9 Å². The summed E-state index contributed by atoms with van der Waals surface area (Å²) in [5.41, 5.74) is 0. The van der Waals surface area contributed by atoms with Crippen LogP contribution in [0.1, 0.15) is 33.6 Å². The molecule has 0 aromatic carbocycles. The number of likely N-dealkylation sites (tertiary alicyclic amines) is 1. The minimum Gasteiger partial charge on any atom is -0.306 e. The lowest BCUT2D eigenvalue weighted by Gasteiger charge is -2.37. The van der Waals surface area contributed by atoms with Gasteiger partial charge in [-0.3, -0.25) is 5.01 Å². The van der Waals surface area contributed by atoms with Gasteiger partial charge in [-0.15, -0.1) is 0 Å². The van der Waals surface area contributed by atoms with Gasteiger partial charge in [0.1, 0.15) is 0 Å². The van der Waals surface area contributed by atoms with E-state index in [0.717, 1.165) is 0 Å². The first-order chi connectivity index (χ1) is 7.59. The first-order valence-electron chi connectivity index (χ1n) is 6.60. The van der Waals surface area contributed by atoms with E-state index in [9.17, 15) is 0 Å². The molecular formula is C13H25N3. The lowest BCUT2D eigenvalue weighted by Crippen LogP contribution is -2.45. The fourth-order valence-electron chi connectivity index (χ4n) is 2.98. The molecule has 3 heteroatoms. The molecule has 2 atom stereocenters. The van der Waals surface area contributed by atoms with Crippen LogP contribution >= 0.6 is 0 Å². The Hall–Kier alpha value is -0.570. The monoisotopic (exact) mass is 223 g/mol. The second kappa shape index (κ2) is 4.74. The van der Waals surface area contributed by atoms with Crippen molar-refractivity contribution < 1.29 is 0 Å². The molecule has 16 heavy (non-hydrogen) atoms. The molecule has 0 N–H and O–H groups in total. The third kappa shape index (κ3) is 2.24. The van der Waals surface area contributed by atoms with Crippen LogP contribution in [0, 0.1) is 11.8 Å². The minimum absolute atomic E-state index is 0.591. The van der Waals surface area contributed by atoms with Gasteiger partial charge in [0.15, 0.2) is 0 Å². The van der Waals surface area contributed by atoms with E-state index >= 15 is 0 Å². The Bertz CT molecular complexity index is 254. The normalized spacial score (nSPS) is 32.9. The summed E-state index contributed by atoms with van der Waals surface area (Å²) in [6, 6.07) is 1.26. The van der Waals surface area contributed by atoms with Crippen molar-refractivity contribution in [3.63, 3.8) is 0 Å². The highest BCUT2D eigenvalue weighted by Crippen LogP contribution is 2.29. The van der Waals surface area contributed by atoms with Crippen molar-refractivity contribution >= 4 is 6.21 Å². The number of nitrogens with zero attached hydrogens (tertiary/aromatic N) is 3. The van der Waals surface area contributed by atoms with Gasteiger partial charge in [0.2, 0.25) is 0 Å². The zero-order valence-electron chi connectivity index (χ0n) is 11.1. The summed E-state index contributed by atoms with van der Waals surface area (Å²) in [6.45, 7) is 9.36. The molecular weight excluding hydrogens is 198 g/mol. The van der Waals surface area contributed by atoms with Gasteiger partial charge in [0, 0.05) is 18.2 Å². The van der Waals surface area contributed by atoms with E-state index in [1.165, 1.54) is 25.9 Å². The molecule has 92 valence electrons. The van der Waals surface area contributed by atoms with E-state index in [1.54, 1.807) is 0 Å². The Morgan fingerprint density at radius 2 is 1.88 bits per heavy atom. The molecule has 0 saturated carbocycles. The zero-order chi connectivity index (χ0) is 11.7. The summed E-state index contributed by atoms with van der Waals surface area (Å²) in [4.78, 5) is 2.42. The van der Waals surface area contributed by atoms with Crippen molar-refractivity contribution in [3.8, 4) is 0 Å². The highest BCUT2D eigenvalue weighted by molar-refractivity contribution is 5.63. The van der Waals surface area contributed by atoms with E-state index in [-0.39, 0.29) is 0 Å². The van der Waals surface area contributed by atoms with Gasteiger partial charge in [0.25, 0.3) is 0 Å². The van der Waals surface area contributed by atoms with Crippen molar-refractivity contribution in [2.45, 2.75) is 45.7 Å². The average Bonchev–Trinajstić information content (AvgIpc) is 2.61. The molecule has 2 heterocycles. The van der Waals surface area contributed by atoms with E-state index < -0.39 is 0 Å². The van der Waals surface area contributed by atoms with Crippen molar-refractivity contribution in [3.05, 3.63) is 0 Å². The van der Waals surface area contributed by atoms with Gasteiger partial charge in [0.05, 0.1) is 6.04 Å². The lowest BCUT2D eigenvalue weighted by atomic mass is 9.90. The van der Waals surface area contributed by atoms with Crippen LogP contribution in [-0.2, 0) is 0 Å². The predicted molar refractivity (Wildman–Crippen MR) is 68.6 cm³/mol. The molecule has 0 amide bonds. The smallest absolute Gasteiger partial charge is 0.0526 e. The van der Waals surface area contributed by atoms with Crippen molar-refractivity contribution in [1.82, 2.24) is 9.91 Å². The molecule has 0 radical (unpaired) electrons. The first-order valence-corrected chi connectivity index (χ1v) is 6.60. The van der Waals surface area contributed by atoms with Crippen LogP contribution in [0.15, 0.2) is 5.10 Å². The van der Waals surface area contributed by atoms with Crippen LogP contribution in [0.5, 0.6) is 0 Å². The van der Waals surface area contributed by atoms with Gasteiger partial charge in [-0.05, 0) is 45.8 Å². The van der Waals surface area contributed by atoms with Gasteiger partial charge in [-0.2, -0.15) is 5.10 Å². The fourth-order valence-corrected chi connectivity index (χ4v) is 2.98. The number of hydrogen-bond donors (Lipinski definition) is 0. The molecule has 2 rings (SSSR count). The van der Waals surface area contributed by atoms with Crippen LogP contribution in [0.3, 0.4) is 0 Å². The summed E-state index contributed by atoms with van der Waals surface area (Å²) >= 11 is 0. The molecule has 0 aromatic heterocycles. The highest BCUT2D eigenvalue weighted by atomic mass is 15.5. The van der Waals surface area contributed by atoms with Crippen LogP contribution in [0.25, 0.3) is 0 Å². The molecule has 2 unspecified atom stereocenters. The maximum atomic E-state index is 4.66. The zero-order valence-corrected chi connectivity index (χ0v) is 11.1. The molecule has 3 nitrogen and oxygen atoms in total. The molecule has 2 aliphatic heterocycles. The fraction of sp³-hybridized carbons (Fsp3) is 0.923. The largest absolute Gasteiger partial charge is 0.306 e. The van der Waals surface area contributed by atoms with Crippen molar-refractivity contribution in [2.24, 2.45) is 16.9 Å². The molecule has 2 aliphatic rings. The maximum Gasteiger partial charge on any atom is 0.0526 e. The number of rotatable bonds is 2. The van der Waals surface area contributed by atoms with Crippen LogP contribution < -0.4 is 0 Å². The van der Waals surface area contributed by atoms with Crippen LogP contribution in [-0.4, -0.2) is 48.3 Å². The molecule has 0 spiro atoms. The average molecular weight is 223 g/mol. The molecule has 1 fully saturated rings. The van der Waals surface area contributed by atoms with Gasteiger partial charge >= 0.3 is 0 Å². The Labute approximate surface area is 99.5 Å². The summed E-state index contributed by atoms with van der Waals surface area (Å²) in [5, 5.41) is 7.03. The van der Waals surface area contributed by atoms with Gasteiger partial charge < -0.3 is 4.90 Å². The Kier molecular flexibility index (Phi) is 3.53.